The van der Waals surface area contributed by atoms with E-state index in [0.29, 0.717) is 12.3 Å². The van der Waals surface area contributed by atoms with Crippen molar-refractivity contribution in [3.05, 3.63) is 101 Å². The van der Waals surface area contributed by atoms with E-state index in [1.165, 1.54) is 17.0 Å². The van der Waals surface area contributed by atoms with Gasteiger partial charge in [0.2, 0.25) is 10.0 Å². The number of sulfonamides is 1. The molecule has 5 nitrogen and oxygen atoms in total. The van der Waals surface area contributed by atoms with Gasteiger partial charge in [-0.05, 0) is 53.1 Å². The molecule has 0 amide bonds. The van der Waals surface area contributed by atoms with Crippen LogP contribution in [0.25, 0.3) is 0 Å². The van der Waals surface area contributed by atoms with Gasteiger partial charge >= 0.3 is 5.97 Å². The molecule has 0 bridgehead atoms. The molecule has 34 heavy (non-hydrogen) atoms. The van der Waals surface area contributed by atoms with Crippen molar-refractivity contribution in [2.45, 2.75) is 51.1 Å². The highest BCUT2D eigenvalue weighted by Gasteiger charge is 2.25. The molecule has 0 heterocycles. The van der Waals surface area contributed by atoms with Gasteiger partial charge in [0.05, 0.1) is 12.0 Å². The second kappa shape index (κ2) is 12.0. The monoisotopic (exact) mass is 479 g/mol. The van der Waals surface area contributed by atoms with Crippen molar-refractivity contribution >= 4 is 16.0 Å². The van der Waals surface area contributed by atoms with Crippen LogP contribution in [0.2, 0.25) is 0 Å². The Kier molecular flexibility index (Phi) is 9.02. The summed E-state index contributed by atoms with van der Waals surface area (Å²) in [7, 11) is -2.33. The predicted octanol–water partition coefficient (Wildman–Crippen LogP) is 5.38. The van der Waals surface area contributed by atoms with Crippen LogP contribution in [0.4, 0.5) is 0 Å². The molecule has 0 spiro atoms. The lowest BCUT2D eigenvalue weighted by atomic mass is 10.0. The maximum Gasteiger partial charge on any atom is 0.305 e. The van der Waals surface area contributed by atoms with Gasteiger partial charge in [0.1, 0.15) is 0 Å². The van der Waals surface area contributed by atoms with E-state index in [0.717, 1.165) is 23.1 Å². The van der Waals surface area contributed by atoms with Gasteiger partial charge in [0.15, 0.2) is 0 Å². The second-order valence-electron chi connectivity index (χ2n) is 8.90. The normalized spacial score (nSPS) is 11.7. The molecule has 0 aliphatic rings. The number of ether oxygens (including phenoxy) is 1. The van der Waals surface area contributed by atoms with Crippen LogP contribution in [0.5, 0.6) is 0 Å². The lowest BCUT2D eigenvalue weighted by molar-refractivity contribution is -0.140. The first kappa shape index (κ1) is 25.7. The van der Waals surface area contributed by atoms with Gasteiger partial charge in [-0.3, -0.25) is 4.79 Å². The van der Waals surface area contributed by atoms with E-state index in [4.69, 9.17) is 4.74 Å². The molecule has 0 unspecified atom stereocenters. The Morgan fingerprint density at radius 3 is 2.09 bits per heavy atom. The van der Waals surface area contributed by atoms with Crippen LogP contribution in [-0.4, -0.2) is 25.8 Å². The van der Waals surface area contributed by atoms with Crippen LogP contribution in [0.15, 0.2) is 83.8 Å². The molecule has 0 atom stereocenters. The third kappa shape index (κ3) is 7.27. The van der Waals surface area contributed by atoms with E-state index in [1.807, 2.05) is 42.5 Å². The first-order valence-electron chi connectivity index (χ1n) is 11.6. The maximum atomic E-state index is 13.6. The van der Waals surface area contributed by atoms with Gasteiger partial charge < -0.3 is 4.74 Å². The predicted molar refractivity (Wildman–Crippen MR) is 135 cm³/mol. The fraction of sp³-hybridized carbons (Fsp3) is 0.321. The van der Waals surface area contributed by atoms with Gasteiger partial charge in [0.25, 0.3) is 0 Å². The Labute approximate surface area is 203 Å². The highest BCUT2D eigenvalue weighted by atomic mass is 32.2. The number of rotatable bonds is 11. The number of hydrogen-bond donors (Lipinski definition) is 0. The van der Waals surface area contributed by atoms with E-state index < -0.39 is 10.0 Å². The number of carbonyl (C=O) groups excluding carboxylic acids is 1. The summed E-state index contributed by atoms with van der Waals surface area (Å²) in [5.74, 6) is 0.298. The van der Waals surface area contributed by atoms with Gasteiger partial charge in [-0.1, -0.05) is 80.6 Å². The average Bonchev–Trinajstić information content (AvgIpc) is 2.83. The highest BCUT2D eigenvalue weighted by molar-refractivity contribution is 7.89. The average molecular weight is 480 g/mol. The van der Waals surface area contributed by atoms with Gasteiger partial charge in [-0.25, -0.2) is 8.42 Å². The smallest absolute Gasteiger partial charge is 0.305 e. The zero-order chi connectivity index (χ0) is 24.6. The molecule has 180 valence electrons. The molecule has 0 radical (unpaired) electrons. The fourth-order valence-electron chi connectivity index (χ4n) is 3.86. The van der Waals surface area contributed by atoms with Crippen molar-refractivity contribution < 1.29 is 17.9 Å². The Morgan fingerprint density at radius 2 is 1.44 bits per heavy atom. The molecule has 0 aliphatic carbocycles. The topological polar surface area (TPSA) is 63.7 Å². The van der Waals surface area contributed by atoms with Crippen LogP contribution >= 0.6 is 0 Å². The zero-order valence-corrected chi connectivity index (χ0v) is 20.9. The molecule has 6 heteroatoms. The molecule has 3 aromatic rings. The number of benzene rings is 3. The minimum absolute atomic E-state index is 0.233. The molecule has 0 aromatic heterocycles. The van der Waals surface area contributed by atoms with Crippen molar-refractivity contribution in [2.75, 3.05) is 7.11 Å². The summed E-state index contributed by atoms with van der Waals surface area (Å²) in [4.78, 5) is 11.8. The summed E-state index contributed by atoms with van der Waals surface area (Å²) in [5, 5.41) is 0. The van der Waals surface area contributed by atoms with Gasteiger partial charge in [-0.15, -0.1) is 0 Å². The van der Waals surface area contributed by atoms with Crippen LogP contribution in [0, 0.1) is 5.92 Å². The second-order valence-corrected chi connectivity index (χ2v) is 10.8. The zero-order valence-electron chi connectivity index (χ0n) is 20.1. The molecule has 0 aliphatic heterocycles. The first-order valence-corrected chi connectivity index (χ1v) is 13.0. The summed E-state index contributed by atoms with van der Waals surface area (Å²) >= 11 is 0. The minimum Gasteiger partial charge on any atom is -0.469 e. The van der Waals surface area contributed by atoms with E-state index in [9.17, 15) is 13.2 Å². The number of esters is 1. The summed E-state index contributed by atoms with van der Waals surface area (Å²) in [6, 6.07) is 24.4. The number of carbonyl (C=O) groups is 1. The SMILES string of the molecule is COC(=O)CCc1cccc(CN(Cc2ccc(CC(C)C)cc2)S(=O)(=O)c2ccccc2)c1. The summed E-state index contributed by atoms with van der Waals surface area (Å²) < 4.78 is 33.4. The lowest BCUT2D eigenvalue weighted by Crippen LogP contribution is -2.30. The Balaban J connectivity index is 1.86. The summed E-state index contributed by atoms with van der Waals surface area (Å²) in [5.41, 5.74) is 4.03. The van der Waals surface area contributed by atoms with E-state index in [1.54, 1.807) is 24.3 Å². The standard InChI is InChI=1S/C28H33NO4S/c1-22(2)18-24-12-14-25(15-13-24)20-29(34(31,32)27-10-5-4-6-11-27)21-26-9-7-8-23(19-26)16-17-28(30)33-3/h4-15,19,22H,16-18,20-21H2,1-3H3. The van der Waals surface area contributed by atoms with E-state index in [2.05, 4.69) is 26.0 Å². The highest BCUT2D eigenvalue weighted by Crippen LogP contribution is 2.22. The van der Waals surface area contributed by atoms with Crippen molar-refractivity contribution in [1.29, 1.82) is 0 Å². The molecule has 0 saturated carbocycles. The molecule has 0 saturated heterocycles. The number of methoxy groups -OCH3 is 1. The third-order valence-corrected chi connectivity index (χ3v) is 7.41. The minimum atomic E-state index is -3.71. The van der Waals surface area contributed by atoms with Crippen molar-refractivity contribution in [3.63, 3.8) is 0 Å². The Morgan fingerprint density at radius 1 is 0.824 bits per heavy atom. The fourth-order valence-corrected chi connectivity index (χ4v) is 5.30. The first-order chi connectivity index (χ1) is 16.3. The number of aryl methyl sites for hydroxylation is 1. The molecular weight excluding hydrogens is 446 g/mol. The van der Waals surface area contributed by atoms with E-state index in [-0.39, 0.29) is 30.4 Å². The Hall–Kier alpha value is -2.96. The van der Waals surface area contributed by atoms with E-state index >= 15 is 0 Å². The molecular formula is C28H33NO4S. The summed E-state index contributed by atoms with van der Waals surface area (Å²) in [6.07, 6.45) is 1.82. The largest absolute Gasteiger partial charge is 0.469 e. The van der Waals surface area contributed by atoms with Crippen molar-refractivity contribution in [1.82, 2.24) is 4.31 Å². The van der Waals surface area contributed by atoms with Crippen molar-refractivity contribution in [2.24, 2.45) is 5.92 Å². The number of nitrogens with zero attached hydrogens (tertiary/aromatic N) is 1. The maximum absolute atomic E-state index is 13.6. The van der Waals surface area contributed by atoms with Crippen LogP contribution in [0.3, 0.4) is 0 Å². The van der Waals surface area contributed by atoms with Gasteiger partial charge in [-0.2, -0.15) is 4.31 Å². The summed E-state index contributed by atoms with van der Waals surface area (Å²) in [6.45, 7) is 4.87. The quantitative estimate of drug-likeness (QED) is 0.346. The third-order valence-electron chi connectivity index (χ3n) is 5.60. The molecule has 0 N–H and O–H groups in total. The van der Waals surface area contributed by atoms with Crippen molar-refractivity contribution in [3.8, 4) is 0 Å². The van der Waals surface area contributed by atoms with Crippen LogP contribution in [0.1, 0.15) is 42.5 Å². The number of hydrogen-bond acceptors (Lipinski definition) is 4. The van der Waals surface area contributed by atoms with Crippen LogP contribution in [-0.2, 0) is 45.5 Å². The molecule has 3 aromatic carbocycles. The Bertz CT molecular complexity index is 1170. The lowest BCUT2D eigenvalue weighted by Gasteiger charge is -2.23. The van der Waals surface area contributed by atoms with Gasteiger partial charge in [0, 0.05) is 19.5 Å². The molecule has 3 rings (SSSR count). The molecule has 0 fully saturated rings. The van der Waals surface area contributed by atoms with Crippen LogP contribution < -0.4 is 0 Å².